The molecule has 1 aromatic rings. The Labute approximate surface area is 117 Å². The van der Waals surface area contributed by atoms with E-state index < -0.39 is 16.4 Å². The predicted octanol–water partition coefficient (Wildman–Crippen LogP) is 2.25. The number of hydrogen-bond donors (Lipinski definition) is 1. The summed E-state index contributed by atoms with van der Waals surface area (Å²) in [6.07, 6.45) is 0.613. The van der Waals surface area contributed by atoms with Crippen LogP contribution in [0.1, 0.15) is 31.7 Å². The number of carboxylic acid groups (broad SMARTS) is 1. The lowest BCUT2D eigenvalue weighted by atomic mass is 9.80. The Morgan fingerprint density at radius 1 is 1.55 bits per heavy atom. The van der Waals surface area contributed by atoms with Crippen LogP contribution in [-0.4, -0.2) is 39.5 Å². The summed E-state index contributed by atoms with van der Waals surface area (Å²) in [5.74, 6) is -1.30. The topological polar surface area (TPSA) is 83.7 Å². The summed E-state index contributed by atoms with van der Waals surface area (Å²) in [6, 6.07) is 6.43. The van der Waals surface area contributed by atoms with Gasteiger partial charge in [0, 0.05) is 17.5 Å². The standard InChI is InChI=1S/C14H18N2O4/c1-3-15-9-8-11(14(15,2)13(17)18)10-6-4-5-7-12(10)16(19)20/h4-7,11H,3,8-9H2,1-2H3,(H,17,18)/t11?,14-/m0/s1. The van der Waals surface area contributed by atoms with Gasteiger partial charge in [0.15, 0.2) is 0 Å². The molecule has 1 aliphatic rings. The average Bonchev–Trinajstić information content (AvgIpc) is 2.76. The third-order valence-corrected chi connectivity index (χ3v) is 4.35. The smallest absolute Gasteiger partial charge is 0.324 e. The second-order valence-electron chi connectivity index (χ2n) is 5.19. The number of nitrogens with zero attached hydrogens (tertiary/aromatic N) is 2. The predicted molar refractivity (Wildman–Crippen MR) is 73.7 cm³/mol. The zero-order chi connectivity index (χ0) is 14.9. The van der Waals surface area contributed by atoms with Gasteiger partial charge in [0.2, 0.25) is 0 Å². The second-order valence-corrected chi connectivity index (χ2v) is 5.19. The number of nitro groups is 1. The molecule has 0 bridgehead atoms. The molecule has 6 heteroatoms. The van der Waals surface area contributed by atoms with E-state index in [0.717, 1.165) is 0 Å². The SMILES string of the molecule is CCN1CCC(c2ccccc2[N+](=O)[O-])[C@@]1(C)C(=O)O. The lowest BCUT2D eigenvalue weighted by Crippen LogP contribution is -2.51. The number of benzene rings is 1. The van der Waals surface area contributed by atoms with Crippen molar-refractivity contribution in [3.8, 4) is 0 Å². The maximum atomic E-state index is 11.7. The highest BCUT2D eigenvalue weighted by Gasteiger charge is 2.52. The van der Waals surface area contributed by atoms with E-state index >= 15 is 0 Å². The largest absolute Gasteiger partial charge is 0.480 e. The second kappa shape index (κ2) is 5.20. The molecule has 1 saturated heterocycles. The van der Waals surface area contributed by atoms with Crippen molar-refractivity contribution in [3.05, 3.63) is 39.9 Å². The Bertz CT molecular complexity index is 546. The fraction of sp³-hybridized carbons (Fsp3) is 0.500. The van der Waals surface area contributed by atoms with E-state index in [1.165, 1.54) is 6.07 Å². The number of nitro benzene ring substituents is 1. The molecule has 0 spiro atoms. The number of para-hydroxylation sites is 1. The summed E-state index contributed by atoms with van der Waals surface area (Å²) in [5.41, 5.74) is -0.581. The summed E-state index contributed by atoms with van der Waals surface area (Å²) in [7, 11) is 0. The van der Waals surface area contributed by atoms with Gasteiger partial charge in [-0.3, -0.25) is 19.8 Å². The molecule has 0 aromatic heterocycles. The van der Waals surface area contributed by atoms with Crippen LogP contribution in [0.2, 0.25) is 0 Å². The van der Waals surface area contributed by atoms with E-state index in [1.807, 2.05) is 11.8 Å². The van der Waals surface area contributed by atoms with Crippen molar-refractivity contribution in [3.63, 3.8) is 0 Å². The van der Waals surface area contributed by atoms with Gasteiger partial charge in [-0.1, -0.05) is 25.1 Å². The van der Waals surface area contributed by atoms with E-state index in [0.29, 0.717) is 25.1 Å². The molecule has 0 saturated carbocycles. The summed E-state index contributed by atoms with van der Waals surface area (Å²) in [5, 5.41) is 20.8. The first kappa shape index (κ1) is 14.5. The molecule has 2 rings (SSSR count). The molecule has 1 unspecified atom stereocenters. The molecule has 6 nitrogen and oxygen atoms in total. The molecule has 1 heterocycles. The van der Waals surface area contributed by atoms with Gasteiger partial charge in [-0.15, -0.1) is 0 Å². The van der Waals surface area contributed by atoms with Gasteiger partial charge in [0.1, 0.15) is 5.54 Å². The van der Waals surface area contributed by atoms with E-state index in [4.69, 9.17) is 0 Å². The van der Waals surface area contributed by atoms with Crippen molar-refractivity contribution in [2.75, 3.05) is 13.1 Å². The van der Waals surface area contributed by atoms with Crippen LogP contribution in [0.25, 0.3) is 0 Å². The molecule has 1 aliphatic heterocycles. The number of carboxylic acids is 1. The Balaban J connectivity index is 2.52. The van der Waals surface area contributed by atoms with Crippen LogP contribution in [0.3, 0.4) is 0 Å². The molecule has 1 N–H and O–H groups in total. The molecule has 0 amide bonds. The fourth-order valence-electron chi connectivity index (χ4n) is 3.20. The highest BCUT2D eigenvalue weighted by Crippen LogP contribution is 2.44. The van der Waals surface area contributed by atoms with Crippen molar-refractivity contribution >= 4 is 11.7 Å². The van der Waals surface area contributed by atoms with Crippen molar-refractivity contribution in [1.29, 1.82) is 0 Å². The van der Waals surface area contributed by atoms with E-state index in [9.17, 15) is 20.0 Å². The maximum Gasteiger partial charge on any atom is 0.324 e. The first-order valence-electron chi connectivity index (χ1n) is 6.64. The molecule has 1 fully saturated rings. The van der Waals surface area contributed by atoms with Crippen LogP contribution < -0.4 is 0 Å². The van der Waals surface area contributed by atoms with Crippen LogP contribution in [0.5, 0.6) is 0 Å². The molecular weight excluding hydrogens is 260 g/mol. The quantitative estimate of drug-likeness (QED) is 0.674. The summed E-state index contributed by atoms with van der Waals surface area (Å²) >= 11 is 0. The zero-order valence-corrected chi connectivity index (χ0v) is 11.6. The number of rotatable bonds is 4. The number of hydrogen-bond acceptors (Lipinski definition) is 4. The third-order valence-electron chi connectivity index (χ3n) is 4.35. The number of likely N-dealkylation sites (N-methyl/N-ethyl adjacent to an activating group) is 1. The highest BCUT2D eigenvalue weighted by molar-refractivity contribution is 5.81. The van der Waals surface area contributed by atoms with Crippen molar-refractivity contribution < 1.29 is 14.8 Å². The summed E-state index contributed by atoms with van der Waals surface area (Å²) in [6.45, 7) is 4.81. The van der Waals surface area contributed by atoms with Crippen molar-refractivity contribution in [2.45, 2.75) is 31.7 Å². The van der Waals surface area contributed by atoms with Gasteiger partial charge in [-0.2, -0.15) is 0 Å². The Hall–Kier alpha value is -1.95. The molecule has 0 aliphatic carbocycles. The fourth-order valence-corrected chi connectivity index (χ4v) is 3.20. The van der Waals surface area contributed by atoms with Gasteiger partial charge in [0.25, 0.3) is 5.69 Å². The first-order valence-corrected chi connectivity index (χ1v) is 6.64. The van der Waals surface area contributed by atoms with Crippen LogP contribution in [-0.2, 0) is 4.79 Å². The summed E-state index contributed by atoms with van der Waals surface area (Å²) < 4.78 is 0. The molecular formula is C14H18N2O4. The number of aliphatic carboxylic acids is 1. The van der Waals surface area contributed by atoms with Gasteiger partial charge in [-0.25, -0.2) is 0 Å². The van der Waals surface area contributed by atoms with Crippen LogP contribution >= 0.6 is 0 Å². The Morgan fingerprint density at radius 3 is 2.75 bits per heavy atom. The average molecular weight is 278 g/mol. The molecule has 2 atom stereocenters. The minimum absolute atomic E-state index is 0.00271. The molecule has 108 valence electrons. The van der Waals surface area contributed by atoms with E-state index in [-0.39, 0.29) is 11.6 Å². The normalized spacial score (nSPS) is 26.6. The molecule has 0 radical (unpaired) electrons. The number of likely N-dealkylation sites (tertiary alicyclic amines) is 1. The van der Waals surface area contributed by atoms with Crippen molar-refractivity contribution in [1.82, 2.24) is 4.90 Å². The third kappa shape index (κ3) is 2.06. The molecule has 20 heavy (non-hydrogen) atoms. The Morgan fingerprint density at radius 2 is 2.20 bits per heavy atom. The van der Waals surface area contributed by atoms with E-state index in [1.54, 1.807) is 25.1 Å². The highest BCUT2D eigenvalue weighted by atomic mass is 16.6. The molecule has 1 aromatic carbocycles. The van der Waals surface area contributed by atoms with Gasteiger partial charge >= 0.3 is 5.97 Å². The summed E-state index contributed by atoms with van der Waals surface area (Å²) in [4.78, 5) is 24.3. The minimum Gasteiger partial charge on any atom is -0.480 e. The van der Waals surface area contributed by atoms with Crippen LogP contribution in [0.15, 0.2) is 24.3 Å². The number of carbonyl (C=O) groups is 1. The van der Waals surface area contributed by atoms with Gasteiger partial charge in [-0.05, 0) is 26.4 Å². The van der Waals surface area contributed by atoms with Crippen LogP contribution in [0.4, 0.5) is 5.69 Å². The zero-order valence-electron chi connectivity index (χ0n) is 11.6. The minimum atomic E-state index is -1.10. The van der Waals surface area contributed by atoms with Gasteiger partial charge in [0.05, 0.1) is 4.92 Å². The van der Waals surface area contributed by atoms with E-state index in [2.05, 4.69) is 0 Å². The maximum absolute atomic E-state index is 11.7. The lowest BCUT2D eigenvalue weighted by molar-refractivity contribution is -0.385. The van der Waals surface area contributed by atoms with Gasteiger partial charge < -0.3 is 5.11 Å². The first-order chi connectivity index (χ1) is 9.42. The van der Waals surface area contributed by atoms with Crippen molar-refractivity contribution in [2.24, 2.45) is 0 Å². The monoisotopic (exact) mass is 278 g/mol. The Kier molecular flexibility index (Phi) is 3.76. The van der Waals surface area contributed by atoms with Crippen LogP contribution in [0, 0.1) is 10.1 Å². The lowest BCUT2D eigenvalue weighted by Gasteiger charge is -2.34.